The van der Waals surface area contributed by atoms with Gasteiger partial charge in [-0.2, -0.15) is 0 Å². The molecule has 0 bridgehead atoms. The number of dihydropyridines is 1. The van der Waals surface area contributed by atoms with Gasteiger partial charge in [-0.15, -0.1) is 0 Å². The molecule has 0 radical (unpaired) electrons. The van der Waals surface area contributed by atoms with E-state index in [1.165, 1.54) is 0 Å². The summed E-state index contributed by atoms with van der Waals surface area (Å²) in [5.74, 6) is 0. The molecule has 0 aliphatic carbocycles. The molecule has 1 rings (SSSR count). The van der Waals surface area contributed by atoms with Gasteiger partial charge in [0.15, 0.2) is 0 Å². The molecule has 0 saturated carbocycles. The second-order valence-corrected chi connectivity index (χ2v) is 3.51. The van der Waals surface area contributed by atoms with E-state index in [-0.39, 0.29) is 0 Å². The van der Waals surface area contributed by atoms with Crippen LogP contribution in [0.2, 0.25) is 0 Å². The van der Waals surface area contributed by atoms with E-state index in [2.05, 4.69) is 42.9 Å². The molecule has 0 aromatic heterocycles. The van der Waals surface area contributed by atoms with Crippen LogP contribution in [-0.2, 0) is 0 Å². The third kappa shape index (κ3) is 1.71. The molecule has 1 unspecified atom stereocenters. The second-order valence-electron chi connectivity index (χ2n) is 1.54. The summed E-state index contributed by atoms with van der Waals surface area (Å²) in [4.78, 5) is 4.38. The van der Waals surface area contributed by atoms with Gasteiger partial charge in [0.2, 0.25) is 0 Å². The summed E-state index contributed by atoms with van der Waals surface area (Å²) in [5.41, 5.74) is 0. The van der Waals surface area contributed by atoms with Crippen molar-refractivity contribution >= 4 is 38.1 Å². The number of allylic oxidation sites excluding steroid dienone is 1. The van der Waals surface area contributed by atoms with Gasteiger partial charge in [-0.25, -0.2) is 0 Å². The van der Waals surface area contributed by atoms with Crippen LogP contribution < -0.4 is 0 Å². The Balaban J connectivity index is 2.58. The van der Waals surface area contributed by atoms with Crippen molar-refractivity contribution in [2.75, 3.05) is 0 Å². The first kappa shape index (κ1) is 6.49. The maximum absolute atomic E-state index is 4.09. The first-order chi connectivity index (χ1) is 3.79. The predicted octanol–water partition coefficient (Wildman–Crippen LogP) is 2.46. The molecule has 0 N–H and O–H groups in total. The lowest BCUT2D eigenvalue weighted by atomic mass is 10.3. The molecule has 1 aliphatic rings. The van der Waals surface area contributed by atoms with Crippen LogP contribution >= 0.6 is 31.9 Å². The zero-order valence-electron chi connectivity index (χ0n) is 4.14. The van der Waals surface area contributed by atoms with Gasteiger partial charge in [0.1, 0.15) is 4.95 Å². The summed E-state index contributed by atoms with van der Waals surface area (Å²) in [6.45, 7) is 0. The Bertz CT molecular complexity index is 139. The van der Waals surface area contributed by atoms with Crippen molar-refractivity contribution < 1.29 is 0 Å². The molecular weight excluding hydrogens is 234 g/mol. The highest BCUT2D eigenvalue weighted by atomic mass is 79.9. The van der Waals surface area contributed by atoms with Crippen LogP contribution in [0.3, 0.4) is 0 Å². The quantitative estimate of drug-likeness (QED) is 0.454. The molecule has 1 heterocycles. The topological polar surface area (TPSA) is 12.4 Å². The van der Waals surface area contributed by atoms with Crippen molar-refractivity contribution in [1.29, 1.82) is 0 Å². The first-order valence-corrected chi connectivity index (χ1v) is 4.03. The molecule has 0 spiro atoms. The van der Waals surface area contributed by atoms with Gasteiger partial charge in [-0.05, 0) is 22.4 Å². The summed E-state index contributed by atoms with van der Waals surface area (Å²) in [7, 11) is 0. The summed E-state index contributed by atoms with van der Waals surface area (Å²) in [6, 6.07) is 0. The lowest BCUT2D eigenvalue weighted by Gasteiger charge is -2.03. The van der Waals surface area contributed by atoms with Gasteiger partial charge >= 0.3 is 0 Å². The van der Waals surface area contributed by atoms with Crippen LogP contribution in [-0.4, -0.2) is 11.2 Å². The molecule has 44 valence electrons. The smallest absolute Gasteiger partial charge is 0.108 e. The molecule has 1 nitrogen and oxygen atoms in total. The average molecular weight is 239 g/mol. The molecule has 8 heavy (non-hydrogen) atoms. The minimum absolute atomic E-state index is 0.295. The lowest BCUT2D eigenvalue weighted by molar-refractivity contribution is 0.946. The van der Waals surface area contributed by atoms with E-state index in [9.17, 15) is 0 Å². The van der Waals surface area contributed by atoms with Gasteiger partial charge in [-0.3, -0.25) is 4.99 Å². The number of hydrogen-bond donors (Lipinski definition) is 0. The number of rotatable bonds is 0. The van der Waals surface area contributed by atoms with E-state index >= 15 is 0 Å². The fourth-order valence-corrected chi connectivity index (χ4v) is 1.09. The molecule has 0 aromatic rings. The van der Waals surface area contributed by atoms with Crippen LogP contribution in [0.4, 0.5) is 0 Å². The molecule has 0 aromatic carbocycles. The highest BCUT2D eigenvalue weighted by Crippen LogP contribution is 2.16. The average Bonchev–Trinajstić information content (AvgIpc) is 1.77. The largest absolute Gasteiger partial charge is 0.277 e. The minimum atomic E-state index is 0.295. The van der Waals surface area contributed by atoms with Gasteiger partial charge in [-0.1, -0.05) is 22.0 Å². The zero-order valence-corrected chi connectivity index (χ0v) is 7.31. The number of aliphatic imine (C=N–C) groups is 1. The monoisotopic (exact) mass is 237 g/mol. The minimum Gasteiger partial charge on any atom is -0.277 e. The maximum Gasteiger partial charge on any atom is 0.108 e. The molecule has 3 heteroatoms. The molecular formula is C5H5Br2N. The highest BCUT2D eigenvalue weighted by Gasteiger charge is 2.01. The zero-order chi connectivity index (χ0) is 5.98. The summed E-state index contributed by atoms with van der Waals surface area (Å²) < 4.78 is 1.08. The fraction of sp³-hybridized carbons (Fsp3) is 0.400. The van der Waals surface area contributed by atoms with Crippen LogP contribution in [0.5, 0.6) is 0 Å². The Morgan fingerprint density at radius 2 is 2.50 bits per heavy atom. The van der Waals surface area contributed by atoms with Gasteiger partial charge in [0.25, 0.3) is 0 Å². The van der Waals surface area contributed by atoms with Crippen molar-refractivity contribution in [1.82, 2.24) is 0 Å². The maximum atomic E-state index is 4.09. The fourth-order valence-electron chi connectivity index (χ4n) is 0.475. The van der Waals surface area contributed by atoms with E-state index in [4.69, 9.17) is 0 Å². The van der Waals surface area contributed by atoms with Gasteiger partial charge < -0.3 is 0 Å². The van der Waals surface area contributed by atoms with E-state index in [0.29, 0.717) is 4.95 Å². The van der Waals surface area contributed by atoms with Crippen molar-refractivity contribution in [3.05, 3.63) is 10.6 Å². The van der Waals surface area contributed by atoms with Crippen LogP contribution in [0.15, 0.2) is 15.6 Å². The molecule has 0 saturated heterocycles. The second kappa shape index (κ2) is 2.78. The normalized spacial score (nSPS) is 27.8. The van der Waals surface area contributed by atoms with E-state index < -0.39 is 0 Å². The van der Waals surface area contributed by atoms with E-state index in [0.717, 1.165) is 10.9 Å². The predicted molar refractivity (Wildman–Crippen MR) is 42.8 cm³/mol. The molecule has 1 atom stereocenters. The summed E-state index contributed by atoms with van der Waals surface area (Å²) in [5, 5.41) is 0. The number of hydrogen-bond acceptors (Lipinski definition) is 1. The standard InChI is InChI=1S/C5H5Br2N/c6-4-1-2-5(7)8-3-4/h1,3,5H,2H2. The van der Waals surface area contributed by atoms with E-state index in [1.807, 2.05) is 6.21 Å². The Morgan fingerprint density at radius 3 is 2.88 bits per heavy atom. The first-order valence-electron chi connectivity index (χ1n) is 2.32. The highest BCUT2D eigenvalue weighted by molar-refractivity contribution is 9.12. The number of nitrogens with zero attached hydrogens (tertiary/aromatic N) is 1. The molecule has 0 fully saturated rings. The summed E-state index contributed by atoms with van der Waals surface area (Å²) in [6.07, 6.45) is 4.88. The number of halogens is 2. The van der Waals surface area contributed by atoms with Crippen LogP contribution in [0.1, 0.15) is 6.42 Å². The molecule has 1 aliphatic heterocycles. The Morgan fingerprint density at radius 1 is 1.75 bits per heavy atom. The van der Waals surface area contributed by atoms with E-state index in [1.54, 1.807) is 0 Å². The number of alkyl halides is 1. The van der Waals surface area contributed by atoms with Crippen molar-refractivity contribution in [2.24, 2.45) is 4.99 Å². The third-order valence-corrected chi connectivity index (χ3v) is 2.01. The van der Waals surface area contributed by atoms with Crippen LogP contribution in [0.25, 0.3) is 0 Å². The van der Waals surface area contributed by atoms with Gasteiger partial charge in [0.05, 0.1) is 0 Å². The van der Waals surface area contributed by atoms with Crippen molar-refractivity contribution in [3.63, 3.8) is 0 Å². The SMILES string of the molecule is BrC1=CCC(Br)N=C1. The lowest BCUT2D eigenvalue weighted by Crippen LogP contribution is -1.96. The van der Waals surface area contributed by atoms with Gasteiger partial charge in [0, 0.05) is 10.7 Å². The Labute approximate surface area is 65.1 Å². The Hall–Kier alpha value is 0.370. The molecule has 0 amide bonds. The summed E-state index contributed by atoms with van der Waals surface area (Å²) >= 11 is 6.66. The van der Waals surface area contributed by atoms with Crippen LogP contribution in [0, 0.1) is 0 Å². The van der Waals surface area contributed by atoms with Crippen molar-refractivity contribution in [2.45, 2.75) is 11.4 Å². The Kier molecular flexibility index (Phi) is 2.26. The van der Waals surface area contributed by atoms with Crippen molar-refractivity contribution in [3.8, 4) is 0 Å². The third-order valence-electron chi connectivity index (χ3n) is 0.867.